The predicted molar refractivity (Wildman–Crippen MR) is 270 cm³/mol. The number of esters is 2. The van der Waals surface area contributed by atoms with Gasteiger partial charge in [0.2, 0.25) is 0 Å². The summed E-state index contributed by atoms with van der Waals surface area (Å²) in [4.78, 5) is 25.8. The van der Waals surface area contributed by atoms with Crippen LogP contribution in [-0.4, -0.2) is 142 Å². The fourth-order valence-corrected chi connectivity index (χ4v) is 7.57. The molecule has 0 aromatic carbocycles. The average molecular weight is 991 g/mol. The summed E-state index contributed by atoms with van der Waals surface area (Å²) in [5, 5.41) is 72.1. The normalized spacial score (nSPS) is 26.1. The van der Waals surface area contributed by atoms with Crippen LogP contribution in [0.3, 0.4) is 0 Å². The zero-order valence-electron chi connectivity index (χ0n) is 42.2. The van der Waals surface area contributed by atoms with Gasteiger partial charge in [-0.05, 0) is 89.9 Å². The van der Waals surface area contributed by atoms with Crippen molar-refractivity contribution in [1.82, 2.24) is 0 Å². The molecule has 0 amide bonds. The van der Waals surface area contributed by atoms with Crippen LogP contribution in [0.4, 0.5) is 0 Å². The fourth-order valence-electron chi connectivity index (χ4n) is 7.57. The third-order valence-corrected chi connectivity index (χ3v) is 11.9. The molecule has 2 fully saturated rings. The highest BCUT2D eigenvalue weighted by Crippen LogP contribution is 2.26. The largest absolute Gasteiger partial charge is 0.462 e. The average Bonchev–Trinajstić information content (AvgIpc) is 3.35. The van der Waals surface area contributed by atoms with Crippen molar-refractivity contribution in [2.24, 2.45) is 0 Å². The first-order valence-electron chi connectivity index (χ1n) is 26.2. The van der Waals surface area contributed by atoms with E-state index in [1.807, 2.05) is 0 Å². The Kier molecular flexibility index (Phi) is 36.9. The first kappa shape index (κ1) is 62.8. The molecule has 15 heteroatoms. The van der Waals surface area contributed by atoms with E-state index in [0.717, 1.165) is 96.3 Å². The maximum atomic E-state index is 13.0. The number of allylic oxidation sites excluding steroid dienone is 14. The van der Waals surface area contributed by atoms with Gasteiger partial charge in [0.1, 0.15) is 55.4 Å². The van der Waals surface area contributed by atoms with Crippen LogP contribution in [-0.2, 0) is 38.0 Å². The summed E-state index contributed by atoms with van der Waals surface area (Å²) in [6.07, 6.45) is 33.2. The molecule has 70 heavy (non-hydrogen) atoms. The zero-order valence-corrected chi connectivity index (χ0v) is 42.2. The Morgan fingerprint density at radius 2 is 0.900 bits per heavy atom. The molecule has 2 rings (SSSR count). The molecule has 0 aromatic rings. The number of aliphatic hydroxyl groups excluding tert-OH is 7. The lowest BCUT2D eigenvalue weighted by Crippen LogP contribution is -2.61. The van der Waals surface area contributed by atoms with Gasteiger partial charge in [-0.25, -0.2) is 0 Å². The second-order valence-corrected chi connectivity index (χ2v) is 18.0. The number of unbranched alkanes of at least 4 members (excludes halogenated alkanes) is 11. The molecule has 11 atom stereocenters. The molecule has 2 heterocycles. The lowest BCUT2D eigenvalue weighted by atomic mass is 9.98. The van der Waals surface area contributed by atoms with Gasteiger partial charge in [0.05, 0.1) is 19.8 Å². The number of aliphatic hydroxyl groups is 7. The molecule has 15 nitrogen and oxygen atoms in total. The number of hydrogen-bond donors (Lipinski definition) is 7. The van der Waals surface area contributed by atoms with Crippen LogP contribution >= 0.6 is 0 Å². The predicted octanol–water partition coefficient (Wildman–Crippen LogP) is 7.60. The van der Waals surface area contributed by atoms with Gasteiger partial charge in [-0.1, -0.05) is 137 Å². The van der Waals surface area contributed by atoms with Crippen molar-refractivity contribution in [3.63, 3.8) is 0 Å². The number of rotatable bonds is 39. The van der Waals surface area contributed by atoms with Gasteiger partial charge in [0.25, 0.3) is 0 Å². The summed E-state index contributed by atoms with van der Waals surface area (Å²) in [6, 6.07) is 0. The van der Waals surface area contributed by atoms with Crippen molar-refractivity contribution in [2.45, 2.75) is 223 Å². The van der Waals surface area contributed by atoms with Gasteiger partial charge in [-0.15, -0.1) is 0 Å². The molecule has 2 aliphatic heterocycles. The summed E-state index contributed by atoms with van der Waals surface area (Å²) in [6.45, 7) is 2.38. The number of ether oxygens (including phenoxy) is 6. The molecule has 400 valence electrons. The summed E-state index contributed by atoms with van der Waals surface area (Å²) in [5.74, 6) is -0.989. The smallest absolute Gasteiger partial charge is 0.306 e. The molecular formula is C55H90O15. The molecule has 0 aromatic heterocycles. The fraction of sp³-hybridized carbons (Fsp3) is 0.709. The van der Waals surface area contributed by atoms with E-state index in [2.05, 4.69) is 98.9 Å². The highest BCUT2D eigenvalue weighted by atomic mass is 16.7. The minimum atomic E-state index is -1.78. The first-order valence-corrected chi connectivity index (χ1v) is 26.2. The topological polar surface area (TPSA) is 231 Å². The summed E-state index contributed by atoms with van der Waals surface area (Å²) >= 11 is 0. The van der Waals surface area contributed by atoms with Crippen LogP contribution < -0.4 is 0 Å². The Balaban J connectivity index is 1.83. The van der Waals surface area contributed by atoms with Crippen molar-refractivity contribution in [2.75, 3.05) is 26.4 Å². The Labute approximate surface area is 418 Å². The van der Waals surface area contributed by atoms with Crippen molar-refractivity contribution in [1.29, 1.82) is 0 Å². The Morgan fingerprint density at radius 1 is 0.471 bits per heavy atom. The van der Waals surface area contributed by atoms with Crippen LogP contribution in [0.2, 0.25) is 0 Å². The van der Waals surface area contributed by atoms with Crippen LogP contribution in [0.5, 0.6) is 0 Å². The first-order chi connectivity index (χ1) is 34.0. The number of carbonyl (C=O) groups is 2. The van der Waals surface area contributed by atoms with Crippen LogP contribution in [0.25, 0.3) is 0 Å². The molecule has 0 bridgehead atoms. The van der Waals surface area contributed by atoms with E-state index in [-0.39, 0.29) is 19.4 Å². The van der Waals surface area contributed by atoms with Gasteiger partial charge < -0.3 is 64.2 Å². The number of carbonyl (C=O) groups excluding carboxylic acids is 2. The van der Waals surface area contributed by atoms with Crippen molar-refractivity contribution >= 4 is 11.9 Å². The van der Waals surface area contributed by atoms with E-state index in [1.54, 1.807) is 0 Å². The van der Waals surface area contributed by atoms with E-state index >= 15 is 0 Å². The summed E-state index contributed by atoms with van der Waals surface area (Å²) in [5.41, 5.74) is 0. The third kappa shape index (κ3) is 28.7. The quantitative estimate of drug-likeness (QED) is 0.0179. The minimum Gasteiger partial charge on any atom is -0.462 e. The van der Waals surface area contributed by atoms with E-state index < -0.39 is 99.3 Å². The van der Waals surface area contributed by atoms with E-state index in [1.165, 1.54) is 19.3 Å². The minimum absolute atomic E-state index is 0.119. The van der Waals surface area contributed by atoms with Crippen LogP contribution in [0.1, 0.15) is 155 Å². The summed E-state index contributed by atoms with van der Waals surface area (Å²) in [7, 11) is 0. The van der Waals surface area contributed by atoms with Gasteiger partial charge in [0.15, 0.2) is 18.7 Å². The number of hydrogen-bond acceptors (Lipinski definition) is 15. The molecule has 0 saturated carbocycles. The van der Waals surface area contributed by atoms with E-state index in [9.17, 15) is 45.3 Å². The van der Waals surface area contributed by atoms with Gasteiger partial charge in [-0.2, -0.15) is 0 Å². The lowest BCUT2D eigenvalue weighted by Gasteiger charge is -2.42. The Bertz CT molecular complexity index is 1540. The maximum Gasteiger partial charge on any atom is 0.306 e. The van der Waals surface area contributed by atoms with Crippen LogP contribution in [0.15, 0.2) is 85.1 Å². The second-order valence-electron chi connectivity index (χ2n) is 18.0. The van der Waals surface area contributed by atoms with Crippen LogP contribution in [0, 0.1) is 0 Å². The van der Waals surface area contributed by atoms with Gasteiger partial charge in [0, 0.05) is 12.8 Å². The zero-order chi connectivity index (χ0) is 51.0. The van der Waals surface area contributed by atoms with Gasteiger partial charge >= 0.3 is 11.9 Å². The molecule has 0 aliphatic carbocycles. The van der Waals surface area contributed by atoms with Crippen molar-refractivity contribution in [3.05, 3.63) is 85.1 Å². The maximum absolute atomic E-state index is 13.0. The van der Waals surface area contributed by atoms with E-state index in [4.69, 9.17) is 28.4 Å². The molecule has 0 spiro atoms. The third-order valence-electron chi connectivity index (χ3n) is 11.9. The molecule has 2 aliphatic rings. The van der Waals surface area contributed by atoms with Gasteiger partial charge in [-0.3, -0.25) is 9.59 Å². The highest BCUT2D eigenvalue weighted by molar-refractivity contribution is 5.70. The summed E-state index contributed by atoms with van der Waals surface area (Å²) < 4.78 is 33.5. The van der Waals surface area contributed by atoms with Crippen molar-refractivity contribution < 1.29 is 73.8 Å². The molecule has 2 saturated heterocycles. The Morgan fingerprint density at radius 3 is 1.43 bits per heavy atom. The molecular weight excluding hydrogens is 901 g/mol. The monoisotopic (exact) mass is 991 g/mol. The standard InChI is InChI=1S/C55H90O15/c1-3-5-7-9-11-13-15-17-19-20-21-22-24-26-28-30-32-34-36-38-47(58)68-43(40-65-46(57)37-35-33-31-29-27-25-23-18-16-14-12-10-8-6-4-2)41-66-54-53(64)51(62)49(60)45(70-54)42-67-55-52(63)50(61)48(59)44(39-56)69-55/h6,8,11-14,17-19,21-23,26,28,43-45,48-56,59-64H,3-5,7,9-10,15-16,20,24-25,27,29-42H2,1-2H3/b8-6+,13-11+,14-12+,19-17+,22-21+,23-18+,28-26+/t43-,44+,45+,48-,49-,50?,51?,52?,53?,54+,55+/m1/s1. The van der Waals surface area contributed by atoms with E-state index in [0.29, 0.717) is 12.8 Å². The Hall–Kier alpha value is -3.32. The highest BCUT2D eigenvalue weighted by Gasteiger charge is 2.47. The second kappa shape index (κ2) is 41.2. The SMILES string of the molecule is CC/C=C/C/C=C/C/C=C/CCCCCCCC(=O)OC[C@H](CO[C@H]1O[C@@H](CO[C@H]2O[C@@H](CO)[C@@H](O)C(O)C2O)[C@@H](O)C(O)C1O)OC(=O)CCCCC/C=C/C/C=C/C/C=C/C/C=C/CCCCC. The molecule has 4 unspecified atom stereocenters. The molecule has 0 radical (unpaired) electrons. The van der Waals surface area contributed by atoms with Crippen molar-refractivity contribution in [3.8, 4) is 0 Å². The lowest BCUT2D eigenvalue weighted by molar-refractivity contribution is -0.332. The molecule has 7 N–H and O–H groups in total.